The third-order valence-corrected chi connectivity index (χ3v) is 6.33. The van der Waals surface area contributed by atoms with Gasteiger partial charge in [-0.3, -0.25) is 14.5 Å². The molecule has 2 aromatic carbocycles. The maximum atomic E-state index is 13.2. The fourth-order valence-corrected chi connectivity index (χ4v) is 4.55. The standard InChI is InChI=1S/C27H32N2O5/c1-3-34-22-7-4-6-21(18-22)25(30)23-24(20-10-8-19(2)9-11-20)29(27(32)26(23)31)13-5-12-28-14-16-33-17-15-28/h4,6-11,18,24,30H,3,5,12-17H2,1-2H3. The summed E-state index contributed by atoms with van der Waals surface area (Å²) in [5.41, 5.74) is 2.46. The molecule has 2 aliphatic heterocycles. The molecule has 2 saturated heterocycles. The van der Waals surface area contributed by atoms with Crippen LogP contribution >= 0.6 is 0 Å². The molecule has 4 rings (SSSR count). The van der Waals surface area contributed by atoms with Crippen molar-refractivity contribution in [1.29, 1.82) is 0 Å². The molecule has 180 valence electrons. The van der Waals surface area contributed by atoms with E-state index in [1.807, 2.05) is 38.1 Å². The Morgan fingerprint density at radius 3 is 2.53 bits per heavy atom. The van der Waals surface area contributed by atoms with Crippen LogP contribution in [-0.2, 0) is 14.3 Å². The van der Waals surface area contributed by atoms with Crippen molar-refractivity contribution in [3.63, 3.8) is 0 Å². The van der Waals surface area contributed by atoms with Crippen molar-refractivity contribution in [2.75, 3.05) is 46.0 Å². The number of rotatable bonds is 8. The number of carbonyl (C=O) groups is 2. The lowest BCUT2D eigenvalue weighted by Crippen LogP contribution is -2.38. The van der Waals surface area contributed by atoms with Crippen LogP contribution in [0.5, 0.6) is 5.75 Å². The molecule has 0 saturated carbocycles. The van der Waals surface area contributed by atoms with Crippen molar-refractivity contribution in [2.45, 2.75) is 26.3 Å². The topological polar surface area (TPSA) is 79.3 Å². The molecule has 2 heterocycles. The molecular formula is C27H32N2O5. The molecule has 1 atom stereocenters. The van der Waals surface area contributed by atoms with Crippen LogP contribution in [0.1, 0.15) is 36.1 Å². The van der Waals surface area contributed by atoms with Crippen LogP contribution in [0.25, 0.3) is 5.76 Å². The number of likely N-dealkylation sites (tertiary alicyclic amines) is 1. The molecule has 0 spiro atoms. The summed E-state index contributed by atoms with van der Waals surface area (Å²) in [4.78, 5) is 30.2. The molecule has 0 aliphatic carbocycles. The van der Waals surface area contributed by atoms with Gasteiger partial charge in [-0.05, 0) is 38.0 Å². The minimum absolute atomic E-state index is 0.119. The van der Waals surface area contributed by atoms with Crippen LogP contribution in [0.3, 0.4) is 0 Å². The van der Waals surface area contributed by atoms with E-state index in [9.17, 15) is 14.7 Å². The Morgan fingerprint density at radius 1 is 1.09 bits per heavy atom. The van der Waals surface area contributed by atoms with Gasteiger partial charge in [0.2, 0.25) is 0 Å². The monoisotopic (exact) mass is 464 g/mol. The number of hydrogen-bond donors (Lipinski definition) is 1. The Morgan fingerprint density at radius 2 is 1.82 bits per heavy atom. The summed E-state index contributed by atoms with van der Waals surface area (Å²) in [6.45, 7) is 8.78. The van der Waals surface area contributed by atoms with Crippen LogP contribution in [0.2, 0.25) is 0 Å². The lowest BCUT2D eigenvalue weighted by atomic mass is 9.94. The number of aliphatic hydroxyl groups excluding tert-OH is 1. The van der Waals surface area contributed by atoms with Crippen molar-refractivity contribution >= 4 is 17.4 Å². The first-order valence-electron chi connectivity index (χ1n) is 11.9. The van der Waals surface area contributed by atoms with E-state index in [0.717, 1.165) is 37.2 Å². The Hall–Kier alpha value is -3.16. The van der Waals surface area contributed by atoms with Gasteiger partial charge >= 0.3 is 0 Å². The molecule has 1 amide bonds. The predicted molar refractivity (Wildman–Crippen MR) is 130 cm³/mol. The molecule has 0 radical (unpaired) electrons. The highest BCUT2D eigenvalue weighted by molar-refractivity contribution is 6.46. The summed E-state index contributed by atoms with van der Waals surface area (Å²) in [6, 6.07) is 14.1. The van der Waals surface area contributed by atoms with Crippen molar-refractivity contribution in [1.82, 2.24) is 9.80 Å². The predicted octanol–water partition coefficient (Wildman–Crippen LogP) is 3.54. The van der Waals surface area contributed by atoms with Crippen LogP contribution in [0.4, 0.5) is 0 Å². The number of nitrogens with zero attached hydrogens (tertiary/aromatic N) is 2. The average Bonchev–Trinajstić information content (AvgIpc) is 3.10. The maximum Gasteiger partial charge on any atom is 0.295 e. The first kappa shape index (κ1) is 24.0. The van der Waals surface area contributed by atoms with Crippen LogP contribution in [0, 0.1) is 6.92 Å². The highest BCUT2D eigenvalue weighted by Crippen LogP contribution is 2.39. The van der Waals surface area contributed by atoms with E-state index in [0.29, 0.717) is 37.7 Å². The molecule has 1 N–H and O–H groups in total. The van der Waals surface area contributed by atoms with E-state index < -0.39 is 17.7 Å². The Balaban J connectivity index is 1.67. The van der Waals surface area contributed by atoms with Gasteiger partial charge in [0, 0.05) is 31.7 Å². The third-order valence-electron chi connectivity index (χ3n) is 6.33. The van der Waals surface area contributed by atoms with Gasteiger partial charge in [0.25, 0.3) is 11.7 Å². The fourth-order valence-electron chi connectivity index (χ4n) is 4.55. The van der Waals surface area contributed by atoms with E-state index in [-0.39, 0.29) is 11.3 Å². The highest BCUT2D eigenvalue weighted by atomic mass is 16.5. The average molecular weight is 465 g/mol. The Kier molecular flexibility index (Phi) is 7.65. The smallest absolute Gasteiger partial charge is 0.295 e. The molecule has 7 heteroatoms. The molecule has 0 bridgehead atoms. The number of ether oxygens (including phenoxy) is 2. The van der Waals surface area contributed by atoms with Gasteiger partial charge in [-0.1, -0.05) is 42.0 Å². The maximum absolute atomic E-state index is 13.2. The summed E-state index contributed by atoms with van der Waals surface area (Å²) in [5.74, 6) is -0.814. The third kappa shape index (κ3) is 5.16. The van der Waals surface area contributed by atoms with Crippen molar-refractivity contribution < 1.29 is 24.2 Å². The second-order valence-electron chi connectivity index (χ2n) is 8.67. The first-order valence-corrected chi connectivity index (χ1v) is 11.9. The van der Waals surface area contributed by atoms with E-state index in [2.05, 4.69) is 4.90 Å². The zero-order valence-corrected chi connectivity index (χ0v) is 19.8. The van der Waals surface area contributed by atoms with Crippen molar-refractivity contribution in [2.24, 2.45) is 0 Å². The number of aryl methyl sites for hydroxylation is 1. The number of amides is 1. The van der Waals surface area contributed by atoms with Gasteiger partial charge < -0.3 is 19.5 Å². The lowest BCUT2D eigenvalue weighted by molar-refractivity contribution is -0.140. The van der Waals surface area contributed by atoms with Crippen molar-refractivity contribution in [3.05, 3.63) is 70.8 Å². The number of Topliss-reactive ketones (excluding diaryl/α,β-unsaturated/α-hetero) is 1. The van der Waals surface area contributed by atoms with E-state index in [1.54, 1.807) is 29.2 Å². The van der Waals surface area contributed by atoms with Gasteiger partial charge in [0.05, 0.1) is 31.4 Å². The minimum Gasteiger partial charge on any atom is -0.507 e. The largest absolute Gasteiger partial charge is 0.507 e. The van der Waals surface area contributed by atoms with Gasteiger partial charge in [0.15, 0.2) is 0 Å². The van der Waals surface area contributed by atoms with Gasteiger partial charge in [-0.25, -0.2) is 0 Å². The second kappa shape index (κ2) is 10.8. The summed E-state index contributed by atoms with van der Waals surface area (Å²) in [7, 11) is 0. The normalized spacial score (nSPS) is 20.6. The molecule has 2 aliphatic rings. The summed E-state index contributed by atoms with van der Waals surface area (Å²) in [5, 5.41) is 11.2. The van der Waals surface area contributed by atoms with Gasteiger partial charge in [0.1, 0.15) is 11.5 Å². The molecule has 2 aromatic rings. The molecular weight excluding hydrogens is 432 g/mol. The zero-order valence-electron chi connectivity index (χ0n) is 19.8. The van der Waals surface area contributed by atoms with Crippen LogP contribution in [0.15, 0.2) is 54.1 Å². The molecule has 34 heavy (non-hydrogen) atoms. The minimum atomic E-state index is -0.656. The van der Waals surface area contributed by atoms with Crippen LogP contribution < -0.4 is 4.74 Å². The lowest BCUT2D eigenvalue weighted by Gasteiger charge is -2.29. The number of ketones is 1. The zero-order chi connectivity index (χ0) is 24.1. The Bertz CT molecular complexity index is 1060. The molecule has 7 nitrogen and oxygen atoms in total. The quantitative estimate of drug-likeness (QED) is 0.366. The first-order chi connectivity index (χ1) is 16.5. The molecule has 0 aromatic heterocycles. The summed E-state index contributed by atoms with van der Waals surface area (Å²) in [6.07, 6.45) is 0.731. The number of hydrogen-bond acceptors (Lipinski definition) is 6. The number of benzene rings is 2. The van der Waals surface area contributed by atoms with Gasteiger partial charge in [-0.2, -0.15) is 0 Å². The molecule has 1 unspecified atom stereocenters. The summed E-state index contributed by atoms with van der Waals surface area (Å²) >= 11 is 0. The fraction of sp³-hybridized carbons (Fsp3) is 0.407. The highest BCUT2D eigenvalue weighted by Gasteiger charge is 2.45. The Labute approximate surface area is 200 Å². The number of aliphatic hydroxyl groups is 1. The van der Waals surface area contributed by atoms with Crippen LogP contribution in [-0.4, -0.2) is 72.6 Å². The van der Waals surface area contributed by atoms with E-state index in [4.69, 9.17) is 9.47 Å². The van der Waals surface area contributed by atoms with E-state index in [1.165, 1.54) is 0 Å². The van der Waals surface area contributed by atoms with E-state index >= 15 is 0 Å². The van der Waals surface area contributed by atoms with Gasteiger partial charge in [-0.15, -0.1) is 0 Å². The second-order valence-corrected chi connectivity index (χ2v) is 8.67. The number of carbonyl (C=O) groups excluding carboxylic acids is 2. The molecule has 2 fully saturated rings. The van der Waals surface area contributed by atoms with Crippen molar-refractivity contribution in [3.8, 4) is 5.75 Å². The SMILES string of the molecule is CCOc1cccc(C(O)=C2C(=O)C(=O)N(CCCN3CCOCC3)C2c2ccc(C)cc2)c1. The summed E-state index contributed by atoms with van der Waals surface area (Å²) < 4.78 is 11.0. The number of morpholine rings is 1.